The molecular formula is C15H15NO4. The number of carboxylic acid groups (broad SMARTS) is 1. The van der Waals surface area contributed by atoms with Crippen LogP contribution >= 0.6 is 0 Å². The van der Waals surface area contributed by atoms with Crippen molar-refractivity contribution in [2.75, 3.05) is 0 Å². The third-order valence-corrected chi connectivity index (χ3v) is 4.28. The lowest BCUT2D eigenvalue weighted by molar-refractivity contribution is -0.139. The maximum atomic E-state index is 12.5. The highest BCUT2D eigenvalue weighted by atomic mass is 16.4. The molecule has 0 bridgehead atoms. The van der Waals surface area contributed by atoms with Crippen LogP contribution in [0.3, 0.4) is 0 Å². The van der Waals surface area contributed by atoms with Crippen molar-refractivity contribution < 1.29 is 19.5 Å². The van der Waals surface area contributed by atoms with Crippen LogP contribution < -0.4 is 0 Å². The van der Waals surface area contributed by atoms with Crippen molar-refractivity contribution in [3.05, 3.63) is 35.4 Å². The Kier molecular flexibility index (Phi) is 2.85. The first-order valence-corrected chi connectivity index (χ1v) is 6.75. The summed E-state index contributed by atoms with van der Waals surface area (Å²) < 4.78 is 0. The maximum absolute atomic E-state index is 12.5. The van der Waals surface area contributed by atoms with Crippen molar-refractivity contribution in [2.45, 2.75) is 37.6 Å². The molecule has 1 aliphatic carbocycles. The summed E-state index contributed by atoms with van der Waals surface area (Å²) in [6, 6.07) is 6.68. The van der Waals surface area contributed by atoms with Gasteiger partial charge < -0.3 is 5.11 Å². The van der Waals surface area contributed by atoms with Gasteiger partial charge in [-0.2, -0.15) is 0 Å². The van der Waals surface area contributed by atoms with Crippen molar-refractivity contribution >= 4 is 17.8 Å². The fraction of sp³-hybridized carbons (Fsp3) is 0.400. The lowest BCUT2D eigenvalue weighted by Gasteiger charge is -2.36. The van der Waals surface area contributed by atoms with E-state index < -0.39 is 11.5 Å². The van der Waals surface area contributed by atoms with Crippen molar-refractivity contribution in [3.63, 3.8) is 0 Å². The molecule has 1 aliphatic heterocycles. The minimum absolute atomic E-state index is 0.168. The molecule has 20 heavy (non-hydrogen) atoms. The number of carbonyl (C=O) groups excluding carboxylic acids is 2. The highest BCUT2D eigenvalue weighted by molar-refractivity contribution is 6.22. The van der Waals surface area contributed by atoms with Crippen LogP contribution in [-0.4, -0.2) is 33.3 Å². The molecule has 1 fully saturated rings. The predicted molar refractivity (Wildman–Crippen MR) is 70.4 cm³/mol. The molecule has 2 amide bonds. The van der Waals surface area contributed by atoms with E-state index in [0.29, 0.717) is 24.0 Å². The van der Waals surface area contributed by atoms with Gasteiger partial charge in [-0.15, -0.1) is 0 Å². The molecule has 0 saturated heterocycles. The number of aliphatic carboxylic acids is 1. The Hall–Kier alpha value is -2.17. The number of rotatable bonds is 3. The normalized spacial score (nSPS) is 20.3. The van der Waals surface area contributed by atoms with E-state index in [0.717, 1.165) is 12.8 Å². The molecule has 1 aromatic rings. The molecule has 0 aromatic heterocycles. The van der Waals surface area contributed by atoms with Crippen LogP contribution in [0.25, 0.3) is 0 Å². The van der Waals surface area contributed by atoms with Crippen molar-refractivity contribution in [1.82, 2.24) is 4.90 Å². The molecule has 1 heterocycles. The number of hydrogen-bond donors (Lipinski definition) is 1. The highest BCUT2D eigenvalue weighted by Crippen LogP contribution is 2.42. The van der Waals surface area contributed by atoms with Gasteiger partial charge in [0.25, 0.3) is 11.8 Å². The van der Waals surface area contributed by atoms with Gasteiger partial charge in [0.2, 0.25) is 0 Å². The van der Waals surface area contributed by atoms with E-state index in [-0.39, 0.29) is 18.2 Å². The van der Waals surface area contributed by atoms with Crippen molar-refractivity contribution in [1.29, 1.82) is 0 Å². The number of nitrogens with zero attached hydrogens (tertiary/aromatic N) is 1. The Morgan fingerprint density at radius 3 is 2.05 bits per heavy atom. The largest absolute Gasteiger partial charge is 0.481 e. The van der Waals surface area contributed by atoms with Gasteiger partial charge >= 0.3 is 5.97 Å². The van der Waals surface area contributed by atoms with Crippen LogP contribution in [0.4, 0.5) is 0 Å². The fourth-order valence-electron chi connectivity index (χ4n) is 3.41. The quantitative estimate of drug-likeness (QED) is 0.855. The molecule has 2 aliphatic rings. The number of hydrogen-bond acceptors (Lipinski definition) is 3. The average molecular weight is 273 g/mol. The Balaban J connectivity index is 2.04. The van der Waals surface area contributed by atoms with Gasteiger partial charge in [-0.1, -0.05) is 25.0 Å². The summed E-state index contributed by atoms with van der Waals surface area (Å²) >= 11 is 0. The van der Waals surface area contributed by atoms with Gasteiger partial charge in [0.1, 0.15) is 0 Å². The van der Waals surface area contributed by atoms with Crippen LogP contribution in [0.1, 0.15) is 52.8 Å². The first kappa shape index (κ1) is 12.8. The SMILES string of the molecule is O=C(O)CC1(N2C(=O)c3ccccc3C2=O)CCCC1. The Morgan fingerprint density at radius 1 is 1.10 bits per heavy atom. The number of carboxylic acids is 1. The van der Waals surface area contributed by atoms with Gasteiger partial charge in [0.15, 0.2) is 0 Å². The lowest BCUT2D eigenvalue weighted by Crippen LogP contribution is -2.51. The topological polar surface area (TPSA) is 74.7 Å². The summed E-state index contributed by atoms with van der Waals surface area (Å²) in [6.45, 7) is 0. The van der Waals surface area contributed by atoms with E-state index in [2.05, 4.69) is 0 Å². The van der Waals surface area contributed by atoms with Crippen LogP contribution in [0.2, 0.25) is 0 Å². The lowest BCUT2D eigenvalue weighted by atomic mass is 9.91. The third-order valence-electron chi connectivity index (χ3n) is 4.28. The second-order valence-electron chi connectivity index (χ2n) is 5.49. The highest BCUT2D eigenvalue weighted by Gasteiger charge is 2.51. The zero-order valence-electron chi connectivity index (χ0n) is 11.0. The number of benzene rings is 1. The second kappa shape index (κ2) is 4.44. The number of imide groups is 1. The molecule has 0 unspecified atom stereocenters. The van der Waals surface area contributed by atoms with Crippen LogP contribution in [0.15, 0.2) is 24.3 Å². The molecule has 1 saturated carbocycles. The number of carbonyl (C=O) groups is 3. The standard InChI is InChI=1S/C15H15NO4/c17-12(18)9-15(7-3-4-8-15)16-13(19)10-5-1-2-6-11(10)14(16)20/h1-2,5-6H,3-4,7-9H2,(H,17,18). The van der Waals surface area contributed by atoms with Crippen molar-refractivity contribution in [2.24, 2.45) is 0 Å². The van der Waals surface area contributed by atoms with E-state index in [1.807, 2.05) is 0 Å². The smallest absolute Gasteiger partial charge is 0.305 e. The van der Waals surface area contributed by atoms with E-state index in [1.54, 1.807) is 24.3 Å². The van der Waals surface area contributed by atoms with Gasteiger partial charge in [-0.25, -0.2) is 0 Å². The first-order valence-electron chi connectivity index (χ1n) is 6.75. The van der Waals surface area contributed by atoms with Gasteiger partial charge in [0.05, 0.1) is 23.1 Å². The summed E-state index contributed by atoms with van der Waals surface area (Å²) in [5, 5.41) is 9.14. The minimum atomic E-state index is -0.969. The van der Waals surface area contributed by atoms with Crippen LogP contribution in [0, 0.1) is 0 Å². The molecular weight excluding hydrogens is 258 g/mol. The van der Waals surface area contributed by atoms with E-state index in [9.17, 15) is 14.4 Å². The molecule has 0 spiro atoms. The number of amides is 2. The average Bonchev–Trinajstić information content (AvgIpc) is 2.95. The van der Waals surface area contributed by atoms with Gasteiger partial charge in [-0.05, 0) is 25.0 Å². The summed E-state index contributed by atoms with van der Waals surface area (Å²) in [4.78, 5) is 37.3. The molecule has 0 atom stereocenters. The zero-order valence-corrected chi connectivity index (χ0v) is 11.0. The summed E-state index contributed by atoms with van der Waals surface area (Å²) in [5.74, 6) is -1.68. The monoisotopic (exact) mass is 273 g/mol. The van der Waals surface area contributed by atoms with Gasteiger partial charge in [0, 0.05) is 0 Å². The van der Waals surface area contributed by atoms with Crippen molar-refractivity contribution in [3.8, 4) is 0 Å². The molecule has 5 nitrogen and oxygen atoms in total. The maximum Gasteiger partial charge on any atom is 0.305 e. The van der Waals surface area contributed by atoms with Crippen LogP contribution in [-0.2, 0) is 4.79 Å². The van der Waals surface area contributed by atoms with E-state index >= 15 is 0 Å². The zero-order chi connectivity index (χ0) is 14.3. The Morgan fingerprint density at radius 2 is 1.60 bits per heavy atom. The Bertz CT molecular complexity index is 567. The summed E-state index contributed by atoms with van der Waals surface area (Å²) in [5.41, 5.74) is -0.0812. The van der Waals surface area contributed by atoms with Gasteiger partial charge in [-0.3, -0.25) is 19.3 Å². The van der Waals surface area contributed by atoms with E-state index in [1.165, 1.54) is 4.90 Å². The predicted octanol–water partition coefficient (Wildman–Crippen LogP) is 2.07. The summed E-state index contributed by atoms with van der Waals surface area (Å²) in [7, 11) is 0. The van der Waals surface area contributed by atoms with Crippen LogP contribution in [0.5, 0.6) is 0 Å². The molecule has 1 N–H and O–H groups in total. The molecule has 104 valence electrons. The third kappa shape index (κ3) is 1.73. The second-order valence-corrected chi connectivity index (χ2v) is 5.49. The van der Waals surface area contributed by atoms with E-state index in [4.69, 9.17) is 5.11 Å². The summed E-state index contributed by atoms with van der Waals surface area (Å²) in [6.07, 6.45) is 2.68. The minimum Gasteiger partial charge on any atom is -0.481 e. The molecule has 3 rings (SSSR count). The fourth-order valence-corrected chi connectivity index (χ4v) is 3.41. The molecule has 5 heteroatoms. The Labute approximate surface area is 116 Å². The molecule has 0 radical (unpaired) electrons. The molecule has 1 aromatic carbocycles. The number of fused-ring (bicyclic) bond motifs is 1. The first-order chi connectivity index (χ1) is 9.55.